The van der Waals surface area contributed by atoms with Gasteiger partial charge >= 0.3 is 0 Å². The molecular formula is C24H29FN6O. The largest absolute Gasteiger partial charge is 0.330 e. The smallest absolute Gasteiger partial charge is 0.226 e. The first-order chi connectivity index (χ1) is 15.6. The Morgan fingerprint density at radius 3 is 2.56 bits per heavy atom. The molecule has 5 rings (SSSR count). The van der Waals surface area contributed by atoms with Crippen LogP contribution in [0.4, 0.5) is 10.3 Å². The number of hydrogen-bond donors (Lipinski definition) is 1. The van der Waals surface area contributed by atoms with Crippen molar-refractivity contribution in [2.75, 3.05) is 11.9 Å². The highest BCUT2D eigenvalue weighted by Gasteiger charge is 2.24. The monoisotopic (exact) mass is 436 g/mol. The van der Waals surface area contributed by atoms with Gasteiger partial charge in [-0.2, -0.15) is 5.10 Å². The third kappa shape index (κ3) is 5.56. The van der Waals surface area contributed by atoms with Crippen LogP contribution in [0, 0.1) is 5.82 Å². The number of carbonyl (C=O) groups is 1. The predicted octanol–water partition coefficient (Wildman–Crippen LogP) is 3.73. The van der Waals surface area contributed by atoms with Crippen molar-refractivity contribution in [2.24, 2.45) is 0 Å². The van der Waals surface area contributed by atoms with Gasteiger partial charge in [0.15, 0.2) is 6.29 Å². The average molecular weight is 437 g/mol. The van der Waals surface area contributed by atoms with E-state index in [9.17, 15) is 9.18 Å². The topological polar surface area (TPSA) is 75.9 Å². The fraction of sp³-hybridized carbons (Fsp3) is 0.417. The number of carbonyl (C=O) groups excluding carboxylic acids is 1. The third-order valence-corrected chi connectivity index (χ3v) is 5.97. The number of fused-ring (bicyclic) bond motifs is 1. The molecule has 7 nitrogen and oxygen atoms in total. The maximum atomic E-state index is 13.0. The molecular weight excluding hydrogens is 407 g/mol. The molecule has 0 spiro atoms. The molecule has 0 atom stereocenters. The molecule has 3 heterocycles. The fourth-order valence-electron chi connectivity index (χ4n) is 4.18. The number of anilines is 1. The molecule has 0 bridgehead atoms. The van der Waals surface area contributed by atoms with Crippen LogP contribution in [0.5, 0.6) is 0 Å². The van der Waals surface area contributed by atoms with Crippen LogP contribution in [0.3, 0.4) is 0 Å². The van der Waals surface area contributed by atoms with Crippen molar-refractivity contribution in [1.29, 1.82) is 0 Å². The Bertz CT molecular complexity index is 1010. The fourth-order valence-corrected chi connectivity index (χ4v) is 4.18. The summed E-state index contributed by atoms with van der Waals surface area (Å²) in [6, 6.07) is 8.83. The predicted molar refractivity (Wildman–Crippen MR) is 121 cm³/mol. The average Bonchev–Trinajstić information content (AvgIpc) is 3.40. The Labute approximate surface area is 187 Å². The summed E-state index contributed by atoms with van der Waals surface area (Å²) in [5, 5.41) is 7.89. The molecule has 0 amide bonds. The lowest BCUT2D eigenvalue weighted by atomic mass is 9.96. The summed E-state index contributed by atoms with van der Waals surface area (Å²) in [6.45, 7) is 1.86. The first-order valence-electron chi connectivity index (χ1n) is 11.1. The van der Waals surface area contributed by atoms with Crippen LogP contribution in [0.2, 0.25) is 0 Å². The molecule has 2 aliphatic rings. The van der Waals surface area contributed by atoms with E-state index >= 15 is 0 Å². The molecule has 1 saturated carbocycles. The molecule has 0 saturated heterocycles. The highest BCUT2D eigenvalue weighted by molar-refractivity contribution is 5.72. The molecule has 8 heteroatoms. The lowest BCUT2D eigenvalue weighted by Gasteiger charge is -2.20. The Morgan fingerprint density at radius 1 is 1.12 bits per heavy atom. The molecule has 0 unspecified atom stereocenters. The minimum atomic E-state index is -0.241. The zero-order chi connectivity index (χ0) is 22.3. The highest BCUT2D eigenvalue weighted by Crippen LogP contribution is 2.25. The van der Waals surface area contributed by atoms with Crippen LogP contribution in [0.1, 0.15) is 59.4 Å². The van der Waals surface area contributed by atoms with Crippen molar-refractivity contribution in [1.82, 2.24) is 25.1 Å². The summed E-state index contributed by atoms with van der Waals surface area (Å²) in [5.41, 5.74) is 3.44. The summed E-state index contributed by atoms with van der Waals surface area (Å²) < 4.78 is 14.8. The second-order valence-electron chi connectivity index (χ2n) is 8.30. The van der Waals surface area contributed by atoms with Gasteiger partial charge in [-0.1, -0.05) is 31.4 Å². The minimum Gasteiger partial charge on any atom is -0.330 e. The van der Waals surface area contributed by atoms with E-state index in [0.29, 0.717) is 37.6 Å². The van der Waals surface area contributed by atoms with Gasteiger partial charge in [-0.15, -0.1) is 0 Å². The van der Waals surface area contributed by atoms with E-state index in [0.717, 1.165) is 22.9 Å². The summed E-state index contributed by atoms with van der Waals surface area (Å²) in [4.78, 5) is 21.2. The van der Waals surface area contributed by atoms with Crippen molar-refractivity contribution < 1.29 is 9.18 Å². The molecule has 32 heavy (non-hydrogen) atoms. The standard InChI is InChI=1S/C17H14FN5O.C7H15N/c18-14-3-1-12(2-4-14)7-23-9-13-8-22(10-16(13)21-23)17-19-6-5-15(11-24)20-17;1-8-7-5-3-2-4-6-7/h1-6,9,11H,7-8,10H2;7-8H,2-6H2,1H3. The zero-order valence-electron chi connectivity index (χ0n) is 18.4. The van der Waals surface area contributed by atoms with Crippen LogP contribution in [0.15, 0.2) is 42.7 Å². The van der Waals surface area contributed by atoms with E-state index in [-0.39, 0.29) is 5.82 Å². The van der Waals surface area contributed by atoms with Gasteiger partial charge < -0.3 is 10.2 Å². The normalized spacial score (nSPS) is 15.8. The van der Waals surface area contributed by atoms with Gasteiger partial charge in [-0.25, -0.2) is 14.4 Å². The molecule has 2 aromatic heterocycles. The van der Waals surface area contributed by atoms with Crippen molar-refractivity contribution >= 4 is 12.2 Å². The lowest BCUT2D eigenvalue weighted by Crippen LogP contribution is -2.26. The van der Waals surface area contributed by atoms with E-state index in [1.165, 1.54) is 44.2 Å². The number of aromatic nitrogens is 4. The van der Waals surface area contributed by atoms with Gasteiger partial charge in [0.2, 0.25) is 5.95 Å². The number of hydrogen-bond acceptors (Lipinski definition) is 6. The number of rotatable bonds is 5. The van der Waals surface area contributed by atoms with Crippen LogP contribution in [0.25, 0.3) is 0 Å². The van der Waals surface area contributed by atoms with E-state index in [4.69, 9.17) is 0 Å². The Morgan fingerprint density at radius 2 is 1.91 bits per heavy atom. The summed E-state index contributed by atoms with van der Waals surface area (Å²) in [5.74, 6) is 0.289. The van der Waals surface area contributed by atoms with Crippen molar-refractivity contribution in [3.8, 4) is 0 Å². The Balaban J connectivity index is 0.000000260. The van der Waals surface area contributed by atoms with Crippen LogP contribution < -0.4 is 10.2 Å². The molecule has 1 N–H and O–H groups in total. The number of nitrogens with zero attached hydrogens (tertiary/aromatic N) is 5. The second kappa shape index (κ2) is 10.5. The molecule has 3 aromatic rings. The van der Waals surface area contributed by atoms with Crippen LogP contribution in [-0.4, -0.2) is 39.1 Å². The van der Waals surface area contributed by atoms with Gasteiger partial charge in [0.05, 0.1) is 18.8 Å². The number of benzene rings is 1. The quantitative estimate of drug-likeness (QED) is 0.614. The van der Waals surface area contributed by atoms with Gasteiger partial charge in [0, 0.05) is 30.5 Å². The molecule has 1 aromatic carbocycles. The van der Waals surface area contributed by atoms with Crippen molar-refractivity contribution in [2.45, 2.75) is 57.8 Å². The Kier molecular flexibility index (Phi) is 7.21. The Hall–Kier alpha value is -3.13. The first kappa shape index (κ1) is 22.1. The van der Waals surface area contributed by atoms with Gasteiger partial charge in [-0.05, 0) is 43.7 Å². The molecule has 168 valence electrons. The van der Waals surface area contributed by atoms with Gasteiger partial charge in [0.25, 0.3) is 0 Å². The maximum Gasteiger partial charge on any atom is 0.226 e. The first-order valence-corrected chi connectivity index (χ1v) is 11.1. The van der Waals surface area contributed by atoms with Crippen molar-refractivity contribution in [3.63, 3.8) is 0 Å². The van der Waals surface area contributed by atoms with Gasteiger partial charge in [-0.3, -0.25) is 9.48 Å². The summed E-state index contributed by atoms with van der Waals surface area (Å²) in [7, 11) is 2.07. The van der Waals surface area contributed by atoms with Crippen LogP contribution >= 0.6 is 0 Å². The minimum absolute atomic E-state index is 0.241. The van der Waals surface area contributed by atoms with Crippen LogP contribution in [-0.2, 0) is 19.6 Å². The molecule has 0 radical (unpaired) electrons. The number of aldehydes is 1. The number of halogens is 1. The lowest BCUT2D eigenvalue weighted by molar-refractivity contribution is 0.111. The number of nitrogens with one attached hydrogen (secondary N) is 1. The van der Waals surface area contributed by atoms with Crippen molar-refractivity contribution in [3.05, 3.63) is 71.1 Å². The molecule has 1 fully saturated rings. The molecule has 1 aliphatic heterocycles. The second-order valence-corrected chi connectivity index (χ2v) is 8.30. The van der Waals surface area contributed by atoms with E-state index < -0.39 is 0 Å². The van der Waals surface area contributed by atoms with E-state index in [1.54, 1.807) is 24.4 Å². The van der Waals surface area contributed by atoms with E-state index in [1.807, 2.05) is 15.8 Å². The summed E-state index contributed by atoms with van der Waals surface area (Å²) in [6.07, 6.45) is 11.4. The SMILES string of the molecule is CNC1CCCCC1.O=Cc1ccnc(N2Cc3cn(Cc4ccc(F)cc4)nc3C2)n1. The zero-order valence-corrected chi connectivity index (χ0v) is 18.4. The molecule has 1 aliphatic carbocycles. The highest BCUT2D eigenvalue weighted by atomic mass is 19.1. The third-order valence-electron chi connectivity index (χ3n) is 5.97. The van der Waals surface area contributed by atoms with E-state index in [2.05, 4.69) is 27.4 Å². The summed E-state index contributed by atoms with van der Waals surface area (Å²) >= 11 is 0. The maximum absolute atomic E-state index is 13.0. The van der Waals surface area contributed by atoms with Gasteiger partial charge in [0.1, 0.15) is 11.5 Å².